The quantitative estimate of drug-likeness (QED) is 0.748. The predicted molar refractivity (Wildman–Crippen MR) is 92.1 cm³/mol. The summed E-state index contributed by atoms with van der Waals surface area (Å²) < 4.78 is 0. The molecule has 21 heavy (non-hydrogen) atoms. The van der Waals surface area contributed by atoms with Crippen LogP contribution in [0, 0.1) is 5.92 Å². The van der Waals surface area contributed by atoms with Crippen molar-refractivity contribution < 1.29 is 4.79 Å². The van der Waals surface area contributed by atoms with E-state index in [1.807, 2.05) is 36.2 Å². The molecule has 4 heteroatoms. The van der Waals surface area contributed by atoms with Crippen molar-refractivity contribution in [1.29, 1.82) is 0 Å². The van der Waals surface area contributed by atoms with Crippen molar-refractivity contribution in [3.63, 3.8) is 0 Å². The van der Waals surface area contributed by atoms with Crippen LogP contribution < -0.4 is 5.73 Å². The van der Waals surface area contributed by atoms with Crippen LogP contribution in [-0.2, 0) is 11.3 Å². The Kier molecular flexibility index (Phi) is 7.37. The Labute approximate surface area is 133 Å². The van der Waals surface area contributed by atoms with Gasteiger partial charge in [-0.25, -0.2) is 0 Å². The number of hydrogen-bond acceptors (Lipinski definition) is 2. The fourth-order valence-electron chi connectivity index (χ4n) is 2.44. The molecule has 1 unspecified atom stereocenters. The minimum absolute atomic E-state index is 0.133. The van der Waals surface area contributed by atoms with Crippen molar-refractivity contribution in [2.45, 2.75) is 46.1 Å². The largest absolute Gasteiger partial charge is 0.389 e. The first-order valence-corrected chi connectivity index (χ1v) is 8.04. The highest BCUT2D eigenvalue weighted by atomic mass is 32.1. The molecule has 0 spiro atoms. The first kappa shape index (κ1) is 17.6. The first-order chi connectivity index (χ1) is 9.99. The van der Waals surface area contributed by atoms with Gasteiger partial charge in [0.15, 0.2) is 0 Å². The van der Waals surface area contributed by atoms with E-state index in [9.17, 15) is 4.79 Å². The van der Waals surface area contributed by atoms with E-state index in [2.05, 4.69) is 13.8 Å². The lowest BCUT2D eigenvalue weighted by Gasteiger charge is -2.23. The molecule has 3 nitrogen and oxygen atoms in total. The molecule has 0 aliphatic carbocycles. The fourth-order valence-corrected chi connectivity index (χ4v) is 2.57. The second-order valence-electron chi connectivity index (χ2n) is 5.51. The molecule has 116 valence electrons. The summed E-state index contributed by atoms with van der Waals surface area (Å²) >= 11 is 4.99. The zero-order valence-corrected chi connectivity index (χ0v) is 14.1. The highest BCUT2D eigenvalue weighted by Crippen LogP contribution is 2.17. The molecule has 0 aliphatic rings. The van der Waals surface area contributed by atoms with Crippen molar-refractivity contribution in [1.82, 2.24) is 4.90 Å². The van der Waals surface area contributed by atoms with Crippen molar-refractivity contribution >= 4 is 23.1 Å². The molecule has 1 aromatic rings. The maximum absolute atomic E-state index is 12.5. The zero-order valence-electron chi connectivity index (χ0n) is 13.3. The number of nitrogens with zero attached hydrogens (tertiary/aromatic N) is 1. The van der Waals surface area contributed by atoms with E-state index in [0.717, 1.165) is 36.8 Å². The van der Waals surface area contributed by atoms with Gasteiger partial charge in [-0.1, -0.05) is 57.1 Å². The topological polar surface area (TPSA) is 46.3 Å². The standard InChI is InChI=1S/C17H26N2OS/c1-4-6-9-14(5-2)17(20)19(3)12-13-8-7-10-15(11-13)16(18)21/h7-8,10-11,14H,4-6,9,12H2,1-3H3,(H2,18,21). The highest BCUT2D eigenvalue weighted by Gasteiger charge is 2.19. The summed E-state index contributed by atoms with van der Waals surface area (Å²) in [5.74, 6) is 0.361. The smallest absolute Gasteiger partial charge is 0.225 e. The van der Waals surface area contributed by atoms with E-state index in [1.165, 1.54) is 0 Å². The van der Waals surface area contributed by atoms with Crippen LogP contribution >= 0.6 is 12.2 Å². The van der Waals surface area contributed by atoms with Gasteiger partial charge in [-0.3, -0.25) is 4.79 Å². The van der Waals surface area contributed by atoms with Crippen LogP contribution in [-0.4, -0.2) is 22.8 Å². The molecule has 1 aromatic carbocycles. The molecule has 0 radical (unpaired) electrons. The molecule has 2 N–H and O–H groups in total. The van der Waals surface area contributed by atoms with Gasteiger partial charge >= 0.3 is 0 Å². The minimum Gasteiger partial charge on any atom is -0.389 e. The first-order valence-electron chi connectivity index (χ1n) is 7.63. The van der Waals surface area contributed by atoms with Crippen LogP contribution in [0.3, 0.4) is 0 Å². The number of amides is 1. The lowest BCUT2D eigenvalue weighted by molar-refractivity contribution is -0.135. The van der Waals surface area contributed by atoms with Crippen LogP contribution in [0.4, 0.5) is 0 Å². The summed E-state index contributed by atoms with van der Waals surface area (Å²) in [6.07, 6.45) is 4.11. The molecule has 1 atom stereocenters. The summed E-state index contributed by atoms with van der Waals surface area (Å²) in [6, 6.07) is 7.78. The summed E-state index contributed by atoms with van der Waals surface area (Å²) in [7, 11) is 1.87. The zero-order chi connectivity index (χ0) is 15.8. The van der Waals surface area contributed by atoms with E-state index in [1.54, 1.807) is 0 Å². The number of carbonyl (C=O) groups is 1. The lowest BCUT2D eigenvalue weighted by atomic mass is 9.97. The number of nitrogens with two attached hydrogens (primary N) is 1. The molecule has 0 fully saturated rings. The van der Waals surface area contributed by atoms with Crippen LogP contribution in [0.2, 0.25) is 0 Å². The van der Waals surface area contributed by atoms with Crippen LogP contribution in [0.15, 0.2) is 24.3 Å². The number of rotatable bonds is 8. The summed E-state index contributed by atoms with van der Waals surface area (Å²) in [5.41, 5.74) is 7.55. The average molecular weight is 306 g/mol. The number of hydrogen-bond donors (Lipinski definition) is 1. The molecule has 1 amide bonds. The Morgan fingerprint density at radius 1 is 1.38 bits per heavy atom. The van der Waals surface area contributed by atoms with E-state index < -0.39 is 0 Å². The normalized spacial score (nSPS) is 12.0. The fraction of sp³-hybridized carbons (Fsp3) is 0.529. The second-order valence-corrected chi connectivity index (χ2v) is 5.95. The third-order valence-electron chi connectivity index (χ3n) is 3.76. The maximum atomic E-state index is 12.5. The number of thiocarbonyl (C=S) groups is 1. The molecule has 0 saturated carbocycles. The van der Waals surface area contributed by atoms with Gasteiger partial charge in [0.25, 0.3) is 0 Å². The van der Waals surface area contributed by atoms with E-state index in [-0.39, 0.29) is 11.8 Å². The minimum atomic E-state index is 0.133. The van der Waals surface area contributed by atoms with Crippen molar-refractivity contribution in [2.75, 3.05) is 7.05 Å². The predicted octanol–water partition coefficient (Wildman–Crippen LogP) is 3.50. The molecular weight excluding hydrogens is 280 g/mol. The molecule has 0 aliphatic heterocycles. The van der Waals surface area contributed by atoms with Crippen molar-refractivity contribution in [3.8, 4) is 0 Å². The van der Waals surface area contributed by atoms with Crippen LogP contribution in [0.5, 0.6) is 0 Å². The van der Waals surface area contributed by atoms with Gasteiger partial charge in [0.1, 0.15) is 4.99 Å². The third kappa shape index (κ3) is 5.46. The summed E-state index contributed by atoms with van der Waals surface area (Å²) in [5, 5.41) is 0. The monoisotopic (exact) mass is 306 g/mol. The van der Waals surface area contributed by atoms with Gasteiger partial charge in [-0.05, 0) is 24.5 Å². The van der Waals surface area contributed by atoms with Gasteiger partial charge in [-0.2, -0.15) is 0 Å². The lowest BCUT2D eigenvalue weighted by Crippen LogP contribution is -2.32. The maximum Gasteiger partial charge on any atom is 0.225 e. The van der Waals surface area contributed by atoms with Gasteiger partial charge in [0.2, 0.25) is 5.91 Å². The Balaban J connectivity index is 2.70. The SMILES string of the molecule is CCCCC(CC)C(=O)N(C)Cc1cccc(C(N)=S)c1. The van der Waals surface area contributed by atoms with Gasteiger partial charge in [-0.15, -0.1) is 0 Å². The van der Waals surface area contributed by atoms with Gasteiger partial charge < -0.3 is 10.6 Å². The molecule has 1 rings (SSSR count). The van der Waals surface area contributed by atoms with Crippen molar-refractivity contribution in [3.05, 3.63) is 35.4 Å². The highest BCUT2D eigenvalue weighted by molar-refractivity contribution is 7.80. The molecule has 0 heterocycles. The second kappa shape index (κ2) is 8.78. The van der Waals surface area contributed by atoms with E-state index in [4.69, 9.17) is 18.0 Å². The van der Waals surface area contributed by atoms with Crippen molar-refractivity contribution in [2.24, 2.45) is 11.7 Å². The molecular formula is C17H26N2OS. The number of carbonyl (C=O) groups excluding carboxylic acids is 1. The van der Waals surface area contributed by atoms with Gasteiger partial charge in [0, 0.05) is 25.1 Å². The number of unbranched alkanes of at least 4 members (excludes halogenated alkanes) is 1. The Hall–Kier alpha value is -1.42. The van der Waals surface area contributed by atoms with E-state index >= 15 is 0 Å². The Morgan fingerprint density at radius 2 is 2.10 bits per heavy atom. The van der Waals surface area contributed by atoms with Crippen LogP contribution in [0.1, 0.15) is 50.7 Å². The molecule has 0 bridgehead atoms. The number of benzene rings is 1. The average Bonchev–Trinajstić information content (AvgIpc) is 2.48. The third-order valence-corrected chi connectivity index (χ3v) is 3.99. The summed E-state index contributed by atoms with van der Waals surface area (Å²) in [6.45, 7) is 4.83. The molecule has 0 saturated heterocycles. The summed E-state index contributed by atoms with van der Waals surface area (Å²) in [4.78, 5) is 14.7. The Morgan fingerprint density at radius 3 is 2.67 bits per heavy atom. The van der Waals surface area contributed by atoms with Crippen LogP contribution in [0.25, 0.3) is 0 Å². The van der Waals surface area contributed by atoms with Gasteiger partial charge in [0.05, 0.1) is 0 Å². The molecule has 0 aromatic heterocycles. The Bertz CT molecular complexity index is 487. The van der Waals surface area contributed by atoms with E-state index in [0.29, 0.717) is 11.5 Å².